The number of halogens is 2. The van der Waals surface area contributed by atoms with Crippen molar-refractivity contribution in [3.8, 4) is 11.5 Å². The van der Waals surface area contributed by atoms with E-state index in [9.17, 15) is 0 Å². The summed E-state index contributed by atoms with van der Waals surface area (Å²) in [5, 5.41) is 19.1. The van der Waals surface area contributed by atoms with Crippen molar-refractivity contribution in [3.63, 3.8) is 0 Å². The lowest BCUT2D eigenvalue weighted by Gasteiger charge is -2.03. The van der Waals surface area contributed by atoms with E-state index in [1.165, 1.54) is 12.1 Å². The van der Waals surface area contributed by atoms with Crippen LogP contribution in [0.15, 0.2) is 24.3 Å². The van der Waals surface area contributed by atoms with Gasteiger partial charge in [0.25, 0.3) is 0 Å². The molecule has 4 nitrogen and oxygen atoms in total. The summed E-state index contributed by atoms with van der Waals surface area (Å²) in [6, 6.07) is 6.16. The zero-order chi connectivity index (χ0) is 15.4. The number of anilines is 2. The summed E-state index contributed by atoms with van der Waals surface area (Å²) in [6.07, 6.45) is 0. The number of benzene rings is 2. The molecule has 6 heteroatoms. The fourth-order valence-electron chi connectivity index (χ4n) is 1.36. The summed E-state index contributed by atoms with van der Waals surface area (Å²) in [5.74, 6) is 0.365. The molecule has 0 radical (unpaired) electrons. The average molecular weight is 315 g/mol. The predicted octanol–water partition coefficient (Wildman–Crippen LogP) is 3.87. The molecule has 2 aromatic carbocycles. The summed E-state index contributed by atoms with van der Waals surface area (Å²) in [7, 11) is 0. The summed E-state index contributed by atoms with van der Waals surface area (Å²) in [6.45, 7) is 3.48. The highest BCUT2D eigenvalue weighted by Crippen LogP contribution is 2.28. The molecule has 0 aromatic heterocycles. The molecule has 0 amide bonds. The molecule has 0 aliphatic carbocycles. The number of phenols is 2. The molecule has 2 rings (SSSR count). The van der Waals surface area contributed by atoms with Crippen LogP contribution in [-0.4, -0.2) is 10.2 Å². The van der Waals surface area contributed by atoms with E-state index in [0.717, 1.165) is 5.56 Å². The second-order valence-corrected chi connectivity index (χ2v) is 5.08. The van der Waals surface area contributed by atoms with Crippen LogP contribution in [0.3, 0.4) is 0 Å². The van der Waals surface area contributed by atoms with Crippen molar-refractivity contribution in [2.24, 2.45) is 0 Å². The van der Waals surface area contributed by atoms with Gasteiger partial charge in [0, 0.05) is 11.6 Å². The van der Waals surface area contributed by atoms with Gasteiger partial charge in [-0.3, -0.25) is 0 Å². The molecule has 0 saturated carbocycles. The SMILES string of the molecule is Cc1c(O)ccc(Cl)c1N.Cc1cc(Cl)c(N)cc1O. The molecular weight excluding hydrogens is 299 g/mol. The molecular formula is C14H16Cl2N2O2. The van der Waals surface area contributed by atoms with Gasteiger partial charge in [0.1, 0.15) is 11.5 Å². The highest BCUT2D eigenvalue weighted by Gasteiger charge is 2.02. The van der Waals surface area contributed by atoms with Gasteiger partial charge in [0.2, 0.25) is 0 Å². The highest BCUT2D eigenvalue weighted by atomic mass is 35.5. The summed E-state index contributed by atoms with van der Waals surface area (Å²) >= 11 is 11.3. The molecule has 0 spiro atoms. The van der Waals surface area contributed by atoms with E-state index in [4.69, 9.17) is 44.9 Å². The fourth-order valence-corrected chi connectivity index (χ4v) is 1.78. The van der Waals surface area contributed by atoms with Crippen LogP contribution in [0.2, 0.25) is 10.0 Å². The molecule has 0 atom stereocenters. The van der Waals surface area contributed by atoms with Gasteiger partial charge in [0.05, 0.1) is 21.4 Å². The maximum atomic E-state index is 9.09. The molecule has 0 unspecified atom stereocenters. The van der Waals surface area contributed by atoms with Gasteiger partial charge in [-0.2, -0.15) is 0 Å². The van der Waals surface area contributed by atoms with Gasteiger partial charge in [-0.15, -0.1) is 0 Å². The molecule has 2 aromatic rings. The first-order valence-electron chi connectivity index (χ1n) is 5.72. The van der Waals surface area contributed by atoms with E-state index in [2.05, 4.69) is 0 Å². The second kappa shape index (κ2) is 6.59. The van der Waals surface area contributed by atoms with Gasteiger partial charge >= 0.3 is 0 Å². The van der Waals surface area contributed by atoms with Crippen molar-refractivity contribution in [3.05, 3.63) is 45.4 Å². The Kier molecular flexibility index (Phi) is 5.36. The van der Waals surface area contributed by atoms with Gasteiger partial charge < -0.3 is 21.7 Å². The Balaban J connectivity index is 0.000000200. The third-order valence-electron chi connectivity index (χ3n) is 2.75. The second-order valence-electron chi connectivity index (χ2n) is 4.27. The minimum absolute atomic E-state index is 0.182. The number of nitrogens with two attached hydrogens (primary N) is 2. The Hall–Kier alpha value is -1.78. The van der Waals surface area contributed by atoms with Crippen molar-refractivity contribution in [2.75, 3.05) is 11.5 Å². The Labute approximate surface area is 127 Å². The third-order valence-corrected chi connectivity index (χ3v) is 3.41. The molecule has 6 N–H and O–H groups in total. The van der Waals surface area contributed by atoms with Crippen LogP contribution in [0, 0.1) is 13.8 Å². The van der Waals surface area contributed by atoms with Crippen LogP contribution in [0.1, 0.15) is 11.1 Å². The first-order chi connectivity index (χ1) is 9.23. The molecule has 0 saturated heterocycles. The van der Waals surface area contributed by atoms with Crippen molar-refractivity contribution in [1.29, 1.82) is 0 Å². The number of nitrogen functional groups attached to an aromatic ring is 2. The van der Waals surface area contributed by atoms with E-state index in [-0.39, 0.29) is 11.5 Å². The Morgan fingerprint density at radius 3 is 2.00 bits per heavy atom. The monoisotopic (exact) mass is 314 g/mol. The maximum absolute atomic E-state index is 9.09. The molecule has 0 aliphatic heterocycles. The summed E-state index contributed by atoms with van der Waals surface area (Å²) in [5.41, 5.74) is 13.1. The minimum atomic E-state index is 0.182. The van der Waals surface area contributed by atoms with Crippen molar-refractivity contribution in [1.82, 2.24) is 0 Å². The van der Waals surface area contributed by atoms with Gasteiger partial charge in [0.15, 0.2) is 0 Å². The average Bonchev–Trinajstić information content (AvgIpc) is 2.39. The molecule has 108 valence electrons. The predicted molar refractivity (Wildman–Crippen MR) is 84.5 cm³/mol. The normalized spacial score (nSPS) is 9.80. The smallest absolute Gasteiger partial charge is 0.120 e. The number of hydrogen-bond acceptors (Lipinski definition) is 4. The Bertz CT molecular complexity index is 554. The third kappa shape index (κ3) is 3.85. The highest BCUT2D eigenvalue weighted by molar-refractivity contribution is 6.33. The Morgan fingerprint density at radius 1 is 0.900 bits per heavy atom. The van der Waals surface area contributed by atoms with E-state index in [1.807, 2.05) is 0 Å². The lowest BCUT2D eigenvalue weighted by Crippen LogP contribution is -1.90. The van der Waals surface area contributed by atoms with E-state index >= 15 is 0 Å². The molecule has 0 fully saturated rings. The van der Waals surface area contributed by atoms with E-state index < -0.39 is 0 Å². The van der Waals surface area contributed by atoms with Crippen molar-refractivity contribution in [2.45, 2.75) is 13.8 Å². The van der Waals surface area contributed by atoms with Crippen LogP contribution in [0.25, 0.3) is 0 Å². The summed E-state index contributed by atoms with van der Waals surface area (Å²) < 4.78 is 0. The lowest BCUT2D eigenvalue weighted by molar-refractivity contribution is 0.471. The van der Waals surface area contributed by atoms with Crippen LogP contribution in [-0.2, 0) is 0 Å². The number of hydrogen-bond donors (Lipinski definition) is 4. The van der Waals surface area contributed by atoms with Crippen molar-refractivity contribution < 1.29 is 10.2 Å². The van der Waals surface area contributed by atoms with Crippen LogP contribution in [0.4, 0.5) is 11.4 Å². The number of rotatable bonds is 0. The lowest BCUT2D eigenvalue weighted by atomic mass is 10.2. The molecule has 0 bridgehead atoms. The molecule has 20 heavy (non-hydrogen) atoms. The van der Waals surface area contributed by atoms with Crippen molar-refractivity contribution >= 4 is 34.6 Å². The topological polar surface area (TPSA) is 92.5 Å². The van der Waals surface area contributed by atoms with E-state index in [1.54, 1.807) is 26.0 Å². The van der Waals surface area contributed by atoms with Gasteiger partial charge in [-0.05, 0) is 37.6 Å². The fraction of sp³-hybridized carbons (Fsp3) is 0.143. The largest absolute Gasteiger partial charge is 0.508 e. The standard InChI is InChI=1S/2C7H8ClNO/c1-4-2-5(8)6(9)3-7(4)10;1-4-6(10)3-2-5(8)7(4)9/h2*2-3,10H,9H2,1H3. The van der Waals surface area contributed by atoms with Gasteiger partial charge in [-0.25, -0.2) is 0 Å². The zero-order valence-corrected chi connectivity index (χ0v) is 12.6. The quantitative estimate of drug-likeness (QED) is 0.555. The number of aromatic hydroxyl groups is 2. The van der Waals surface area contributed by atoms with Gasteiger partial charge in [-0.1, -0.05) is 23.2 Å². The number of aryl methyl sites for hydroxylation is 1. The van der Waals surface area contributed by atoms with E-state index in [0.29, 0.717) is 27.0 Å². The molecule has 0 heterocycles. The zero-order valence-electron chi connectivity index (χ0n) is 11.1. The van der Waals surface area contributed by atoms with Crippen LogP contribution in [0.5, 0.6) is 11.5 Å². The number of phenolic OH excluding ortho intramolecular Hbond substituents is 2. The Morgan fingerprint density at radius 2 is 1.50 bits per heavy atom. The first-order valence-corrected chi connectivity index (χ1v) is 6.47. The minimum Gasteiger partial charge on any atom is -0.508 e. The maximum Gasteiger partial charge on any atom is 0.120 e. The van der Waals surface area contributed by atoms with Crippen LogP contribution < -0.4 is 11.5 Å². The first kappa shape index (κ1) is 16.3. The summed E-state index contributed by atoms with van der Waals surface area (Å²) in [4.78, 5) is 0. The van der Waals surface area contributed by atoms with Crippen LogP contribution >= 0.6 is 23.2 Å². The molecule has 0 aliphatic rings.